The first-order valence-electron chi connectivity index (χ1n) is 5.99. The highest BCUT2D eigenvalue weighted by atomic mass is 16.4. The van der Waals surface area contributed by atoms with Crippen molar-refractivity contribution in [1.82, 2.24) is 9.97 Å². The van der Waals surface area contributed by atoms with E-state index in [1.54, 1.807) is 0 Å². The molecule has 1 saturated carbocycles. The number of aromatic carboxylic acids is 1. The van der Waals surface area contributed by atoms with E-state index in [0.717, 1.165) is 25.7 Å². The number of H-pyrrole nitrogens is 1. The fourth-order valence-electron chi connectivity index (χ4n) is 2.54. The molecule has 0 saturated heterocycles. The van der Waals surface area contributed by atoms with E-state index < -0.39 is 11.7 Å². The minimum Gasteiger partial charge on any atom is -0.478 e. The molecule has 0 atom stereocenters. The molecule has 92 valence electrons. The highest BCUT2D eigenvalue weighted by molar-refractivity contribution is 5.90. The number of nitrogens with one attached hydrogen (secondary N) is 1. The van der Waals surface area contributed by atoms with Gasteiger partial charge in [0.05, 0.1) is 5.69 Å². The van der Waals surface area contributed by atoms with Crippen LogP contribution in [-0.2, 0) is 6.42 Å². The van der Waals surface area contributed by atoms with Crippen LogP contribution in [0.4, 0.5) is 0 Å². The molecule has 1 aliphatic rings. The monoisotopic (exact) mass is 236 g/mol. The van der Waals surface area contributed by atoms with Crippen LogP contribution in [0, 0.1) is 0 Å². The largest absolute Gasteiger partial charge is 0.478 e. The van der Waals surface area contributed by atoms with Crippen molar-refractivity contribution in [3.8, 4) is 0 Å². The molecule has 0 aromatic carbocycles. The van der Waals surface area contributed by atoms with Crippen molar-refractivity contribution in [1.29, 1.82) is 0 Å². The Kier molecular flexibility index (Phi) is 3.26. The molecule has 1 aromatic rings. The normalized spacial score (nSPS) is 16.3. The topological polar surface area (TPSA) is 83.0 Å². The maximum atomic E-state index is 11.4. The Morgan fingerprint density at radius 2 is 2.12 bits per heavy atom. The lowest BCUT2D eigenvalue weighted by Gasteiger charge is -2.13. The third-order valence-corrected chi connectivity index (χ3v) is 3.35. The van der Waals surface area contributed by atoms with Crippen molar-refractivity contribution in [3.05, 3.63) is 27.4 Å². The zero-order valence-electron chi connectivity index (χ0n) is 9.82. The summed E-state index contributed by atoms with van der Waals surface area (Å²) in [5.74, 6) is -0.860. The highest BCUT2D eigenvalue weighted by Crippen LogP contribution is 2.34. The van der Waals surface area contributed by atoms with E-state index in [9.17, 15) is 14.7 Å². The molecule has 5 nitrogen and oxygen atoms in total. The first kappa shape index (κ1) is 11.8. The lowest BCUT2D eigenvalue weighted by atomic mass is 9.97. The van der Waals surface area contributed by atoms with Gasteiger partial charge >= 0.3 is 11.7 Å². The molecule has 1 heterocycles. The average molecular weight is 236 g/mol. The van der Waals surface area contributed by atoms with Crippen molar-refractivity contribution in [2.45, 2.75) is 44.9 Å². The van der Waals surface area contributed by atoms with Gasteiger partial charge < -0.3 is 10.1 Å². The summed E-state index contributed by atoms with van der Waals surface area (Å²) in [4.78, 5) is 29.2. The van der Waals surface area contributed by atoms with Gasteiger partial charge in [-0.25, -0.2) is 9.59 Å². The molecule has 0 aliphatic heterocycles. The van der Waals surface area contributed by atoms with Crippen LogP contribution < -0.4 is 5.69 Å². The summed E-state index contributed by atoms with van der Waals surface area (Å²) in [7, 11) is 0. The van der Waals surface area contributed by atoms with Crippen molar-refractivity contribution in [2.75, 3.05) is 0 Å². The van der Waals surface area contributed by atoms with E-state index >= 15 is 0 Å². The molecule has 5 heteroatoms. The second-order valence-corrected chi connectivity index (χ2v) is 4.42. The quantitative estimate of drug-likeness (QED) is 0.836. The van der Waals surface area contributed by atoms with Gasteiger partial charge in [-0.1, -0.05) is 19.8 Å². The number of aryl methyl sites for hydroxylation is 1. The van der Waals surface area contributed by atoms with Crippen LogP contribution in [0.5, 0.6) is 0 Å². The standard InChI is InChI=1S/C12H16N2O3/c1-2-8-9(11(15)16)10(14-12(17)13-8)7-5-3-4-6-7/h7H,2-6H2,1H3,(H,15,16)(H,13,14,17). The molecule has 1 aromatic heterocycles. The second kappa shape index (κ2) is 4.69. The van der Waals surface area contributed by atoms with Gasteiger partial charge in [-0.3, -0.25) is 0 Å². The number of carboxylic acids is 1. The lowest BCUT2D eigenvalue weighted by molar-refractivity contribution is 0.0692. The Morgan fingerprint density at radius 1 is 1.47 bits per heavy atom. The molecule has 0 radical (unpaired) electrons. The molecule has 0 bridgehead atoms. The predicted molar refractivity (Wildman–Crippen MR) is 62.4 cm³/mol. The SMILES string of the molecule is CCc1[nH]c(=O)nc(C2CCCC2)c1C(=O)O. The Labute approximate surface area is 98.9 Å². The number of hydrogen-bond donors (Lipinski definition) is 2. The maximum Gasteiger partial charge on any atom is 0.345 e. The fourth-order valence-corrected chi connectivity index (χ4v) is 2.54. The van der Waals surface area contributed by atoms with Crippen LogP contribution in [0.15, 0.2) is 4.79 Å². The van der Waals surface area contributed by atoms with Crippen LogP contribution in [0.2, 0.25) is 0 Å². The number of rotatable bonds is 3. The van der Waals surface area contributed by atoms with E-state index in [1.807, 2.05) is 6.92 Å². The van der Waals surface area contributed by atoms with Crippen molar-refractivity contribution in [3.63, 3.8) is 0 Å². The summed E-state index contributed by atoms with van der Waals surface area (Å²) in [5, 5.41) is 9.27. The van der Waals surface area contributed by atoms with Crippen molar-refractivity contribution >= 4 is 5.97 Å². The predicted octanol–water partition coefficient (Wildman–Crippen LogP) is 1.69. The van der Waals surface area contributed by atoms with Gasteiger partial charge in [0.1, 0.15) is 5.56 Å². The minimum atomic E-state index is -0.993. The highest BCUT2D eigenvalue weighted by Gasteiger charge is 2.26. The van der Waals surface area contributed by atoms with Gasteiger partial charge in [-0.05, 0) is 19.3 Å². The lowest BCUT2D eigenvalue weighted by Crippen LogP contribution is -2.22. The molecule has 1 aliphatic carbocycles. The summed E-state index contributed by atoms with van der Waals surface area (Å²) in [6.45, 7) is 1.83. The number of aromatic amines is 1. The van der Waals surface area contributed by atoms with Gasteiger partial charge in [0, 0.05) is 11.6 Å². The summed E-state index contributed by atoms with van der Waals surface area (Å²) in [6, 6.07) is 0. The molecular weight excluding hydrogens is 220 g/mol. The van der Waals surface area contributed by atoms with Crippen LogP contribution >= 0.6 is 0 Å². The van der Waals surface area contributed by atoms with Crippen molar-refractivity contribution < 1.29 is 9.90 Å². The summed E-state index contributed by atoms with van der Waals surface area (Å²) < 4.78 is 0. The molecule has 1 fully saturated rings. The van der Waals surface area contributed by atoms with Gasteiger partial charge in [0.15, 0.2) is 0 Å². The maximum absolute atomic E-state index is 11.4. The van der Waals surface area contributed by atoms with Gasteiger partial charge in [0.2, 0.25) is 0 Å². The molecule has 17 heavy (non-hydrogen) atoms. The number of carboxylic acid groups (broad SMARTS) is 1. The van der Waals surface area contributed by atoms with Gasteiger partial charge in [0.25, 0.3) is 0 Å². The van der Waals surface area contributed by atoms with E-state index in [0.29, 0.717) is 17.8 Å². The number of carbonyl (C=O) groups is 1. The Balaban J connectivity index is 2.58. The average Bonchev–Trinajstić information content (AvgIpc) is 2.80. The zero-order chi connectivity index (χ0) is 12.4. The molecule has 0 unspecified atom stereocenters. The second-order valence-electron chi connectivity index (χ2n) is 4.42. The van der Waals surface area contributed by atoms with E-state index in [-0.39, 0.29) is 11.5 Å². The van der Waals surface area contributed by atoms with E-state index in [2.05, 4.69) is 9.97 Å². The number of nitrogens with zero attached hydrogens (tertiary/aromatic N) is 1. The summed E-state index contributed by atoms with van der Waals surface area (Å²) in [6.07, 6.45) is 4.53. The van der Waals surface area contributed by atoms with E-state index in [1.165, 1.54) is 0 Å². The minimum absolute atomic E-state index is 0.133. The zero-order valence-corrected chi connectivity index (χ0v) is 9.82. The Bertz CT molecular complexity index is 487. The summed E-state index contributed by atoms with van der Waals surface area (Å²) >= 11 is 0. The van der Waals surface area contributed by atoms with E-state index in [4.69, 9.17) is 0 Å². The number of hydrogen-bond acceptors (Lipinski definition) is 3. The van der Waals surface area contributed by atoms with Gasteiger partial charge in [-0.2, -0.15) is 4.98 Å². The first-order valence-corrected chi connectivity index (χ1v) is 5.99. The number of aromatic nitrogens is 2. The van der Waals surface area contributed by atoms with Gasteiger partial charge in [-0.15, -0.1) is 0 Å². The van der Waals surface area contributed by atoms with Crippen molar-refractivity contribution in [2.24, 2.45) is 0 Å². The van der Waals surface area contributed by atoms with Crippen LogP contribution in [0.1, 0.15) is 60.3 Å². The molecule has 0 spiro atoms. The molecular formula is C12H16N2O3. The summed E-state index contributed by atoms with van der Waals surface area (Å²) in [5.41, 5.74) is 0.739. The van der Waals surface area contributed by atoms with Crippen LogP contribution in [0.3, 0.4) is 0 Å². The molecule has 2 rings (SSSR count). The third-order valence-electron chi connectivity index (χ3n) is 3.35. The third kappa shape index (κ3) is 2.23. The van der Waals surface area contributed by atoms with Crippen LogP contribution in [-0.4, -0.2) is 21.0 Å². The Hall–Kier alpha value is -1.65. The first-order chi connectivity index (χ1) is 8.13. The Morgan fingerprint density at radius 3 is 2.65 bits per heavy atom. The molecule has 2 N–H and O–H groups in total. The smallest absolute Gasteiger partial charge is 0.345 e. The fraction of sp³-hybridized carbons (Fsp3) is 0.583. The van der Waals surface area contributed by atoms with Crippen LogP contribution in [0.25, 0.3) is 0 Å². The molecule has 0 amide bonds.